The number of anilines is 6. The zero-order chi connectivity index (χ0) is 54.8. The average molecular weight is 1050 g/mol. The van der Waals surface area contributed by atoms with Gasteiger partial charge in [0.2, 0.25) is 0 Å². The summed E-state index contributed by atoms with van der Waals surface area (Å²) in [5.41, 5.74) is 15.6. The smallest absolute Gasteiger partial charge is 0.166 e. The first-order chi connectivity index (χ1) is 40.6. The van der Waals surface area contributed by atoms with E-state index in [-0.39, 0.29) is 0 Å². The van der Waals surface area contributed by atoms with Crippen LogP contribution in [0.4, 0.5) is 34.3 Å². The van der Waals surface area contributed by atoms with Crippen molar-refractivity contribution in [2.75, 3.05) is 9.80 Å². The van der Waals surface area contributed by atoms with Crippen LogP contribution in [0.25, 0.3) is 102 Å². The minimum atomic E-state index is 0.426. The Labute approximate surface area is 474 Å². The van der Waals surface area contributed by atoms with Gasteiger partial charge in [-0.15, -0.1) is 0 Å². The van der Waals surface area contributed by atoms with Crippen LogP contribution >= 0.6 is 0 Å². The Kier molecular flexibility index (Phi) is 12.7. The topological polar surface area (TPSA) is 120 Å². The molecule has 10 nitrogen and oxygen atoms in total. The molecule has 10 heteroatoms. The summed E-state index contributed by atoms with van der Waals surface area (Å²) in [6.07, 6.45) is 0. The number of aromatic nitrogens is 7. The Morgan fingerprint density at radius 2 is 0.598 bits per heavy atom. The summed E-state index contributed by atoms with van der Waals surface area (Å²) in [5, 5.41) is 10.2. The van der Waals surface area contributed by atoms with Gasteiger partial charge in [0.1, 0.15) is 5.82 Å². The fourth-order valence-corrected chi connectivity index (χ4v) is 10.6. The van der Waals surface area contributed by atoms with Gasteiger partial charge >= 0.3 is 0 Å². The lowest BCUT2D eigenvalue weighted by atomic mass is 9.92. The molecule has 0 spiro atoms. The van der Waals surface area contributed by atoms with E-state index in [0.29, 0.717) is 46.1 Å². The molecular weight excluding hydrogens is 1000 g/mol. The van der Waals surface area contributed by atoms with Crippen LogP contribution in [0.2, 0.25) is 0 Å². The van der Waals surface area contributed by atoms with Crippen LogP contribution in [0.3, 0.4) is 0 Å². The number of nitrogens with zero attached hydrogens (tertiary/aromatic N) is 10. The number of hydrogen-bond acceptors (Lipinski definition) is 10. The number of fused-ring (bicyclic) bond motifs is 2. The molecule has 0 saturated carbocycles. The first-order valence-corrected chi connectivity index (χ1v) is 26.9. The molecule has 1 aliphatic heterocycles. The molecule has 10 aromatic carbocycles. The van der Waals surface area contributed by atoms with Gasteiger partial charge in [0.25, 0.3) is 0 Å². The van der Waals surface area contributed by atoms with Gasteiger partial charge in [-0.25, -0.2) is 34.9 Å². The number of nitriles is 1. The largest absolute Gasteiger partial charge is 0.305 e. The highest BCUT2D eigenvalue weighted by atomic mass is 15.3. The number of para-hydroxylation sites is 4. The highest BCUT2D eigenvalue weighted by molar-refractivity contribution is 6.07. The van der Waals surface area contributed by atoms with Crippen molar-refractivity contribution in [3.8, 4) is 108 Å². The SMILES string of the molecule is N#Cc1ccc(-c2cc(-c3nc(-c4ccccc4)cc(-c4ccccc4)n3)cc(-c3nc(-c4ccccc4)nc(-c4ccccc4)n3)c2N2c3ccccc3N(c3cc(-c4ccccc4)nc(-c4ccccc4)n3)c3ccccc32)cc1. The summed E-state index contributed by atoms with van der Waals surface area (Å²) in [5.74, 6) is 3.23. The van der Waals surface area contributed by atoms with Gasteiger partial charge in [0.15, 0.2) is 29.1 Å². The number of hydrogen-bond donors (Lipinski definition) is 0. The molecule has 0 fully saturated rings. The van der Waals surface area contributed by atoms with Crippen LogP contribution in [0, 0.1) is 11.3 Å². The third-order valence-electron chi connectivity index (χ3n) is 14.5. The van der Waals surface area contributed by atoms with E-state index in [0.717, 1.165) is 95.6 Å². The molecule has 0 saturated heterocycles. The third kappa shape index (κ3) is 9.36. The van der Waals surface area contributed by atoms with Crippen molar-refractivity contribution in [1.82, 2.24) is 34.9 Å². The van der Waals surface area contributed by atoms with E-state index in [2.05, 4.69) is 119 Å². The fraction of sp³-hybridized carbons (Fsp3) is 0. The van der Waals surface area contributed by atoms with Crippen molar-refractivity contribution in [2.24, 2.45) is 0 Å². The minimum Gasteiger partial charge on any atom is -0.305 e. The maximum atomic E-state index is 10.2. The minimum absolute atomic E-state index is 0.426. The first-order valence-electron chi connectivity index (χ1n) is 26.9. The quantitative estimate of drug-likeness (QED) is 0.124. The monoisotopic (exact) mass is 1050 g/mol. The number of rotatable bonds is 11. The molecule has 0 N–H and O–H groups in total. The second-order valence-electron chi connectivity index (χ2n) is 19.7. The van der Waals surface area contributed by atoms with Crippen molar-refractivity contribution in [3.05, 3.63) is 285 Å². The summed E-state index contributed by atoms with van der Waals surface area (Å²) in [6, 6.07) is 96.1. The standard InChI is InChI=1S/C72H46N10/c73-47-48-39-41-49(42-40-48)57-43-56(71-74-59(50-23-7-1-8-24-50)45-60(75-71)51-25-9-2-10-26-51)44-58(72-79-69(54-31-15-5-16-32-54)78-70(80-72)55-33-17-6-18-34-55)67(57)82-64-37-21-19-35-62(64)81(63-36-20-22-38-65(63)82)66-46-61(52-27-11-3-12-28-52)76-68(77-66)53-29-13-4-14-30-53/h1-46H. The van der Waals surface area contributed by atoms with Gasteiger partial charge in [-0.3, -0.25) is 4.90 Å². The lowest BCUT2D eigenvalue weighted by molar-refractivity contribution is 1.07. The van der Waals surface area contributed by atoms with Gasteiger partial charge in [-0.2, -0.15) is 5.26 Å². The molecule has 82 heavy (non-hydrogen) atoms. The van der Waals surface area contributed by atoms with Gasteiger partial charge in [-0.05, 0) is 60.2 Å². The zero-order valence-electron chi connectivity index (χ0n) is 44.0. The lowest BCUT2D eigenvalue weighted by Gasteiger charge is -2.41. The van der Waals surface area contributed by atoms with E-state index >= 15 is 0 Å². The second-order valence-corrected chi connectivity index (χ2v) is 19.7. The van der Waals surface area contributed by atoms with E-state index in [1.807, 2.05) is 176 Å². The van der Waals surface area contributed by atoms with Crippen molar-refractivity contribution < 1.29 is 0 Å². The highest BCUT2D eigenvalue weighted by Crippen LogP contribution is 2.58. The molecule has 13 aromatic rings. The Hall–Kier alpha value is -11.5. The van der Waals surface area contributed by atoms with Crippen molar-refractivity contribution in [1.29, 1.82) is 5.26 Å². The van der Waals surface area contributed by atoms with Gasteiger partial charge in [0.05, 0.1) is 57.2 Å². The van der Waals surface area contributed by atoms with E-state index in [9.17, 15) is 5.26 Å². The molecule has 0 aliphatic carbocycles. The fourth-order valence-electron chi connectivity index (χ4n) is 10.6. The molecule has 0 radical (unpaired) electrons. The Balaban J connectivity index is 1.08. The van der Waals surface area contributed by atoms with Crippen molar-refractivity contribution >= 4 is 34.3 Å². The average Bonchev–Trinajstić information content (AvgIpc) is 3.64. The van der Waals surface area contributed by atoms with Gasteiger partial charge in [0, 0.05) is 56.1 Å². The summed E-state index contributed by atoms with van der Waals surface area (Å²) in [7, 11) is 0. The molecule has 0 bridgehead atoms. The third-order valence-corrected chi connectivity index (χ3v) is 14.5. The maximum absolute atomic E-state index is 10.2. The Bertz CT molecular complexity index is 4280. The molecule has 3 aromatic heterocycles. The zero-order valence-corrected chi connectivity index (χ0v) is 44.0. The van der Waals surface area contributed by atoms with Gasteiger partial charge in [-0.1, -0.05) is 218 Å². The molecule has 1 aliphatic rings. The van der Waals surface area contributed by atoms with Crippen molar-refractivity contribution in [2.45, 2.75) is 0 Å². The predicted octanol–water partition coefficient (Wildman–Crippen LogP) is 17.6. The highest BCUT2D eigenvalue weighted by Gasteiger charge is 2.35. The van der Waals surface area contributed by atoms with Crippen LogP contribution < -0.4 is 9.80 Å². The van der Waals surface area contributed by atoms with Crippen molar-refractivity contribution in [3.63, 3.8) is 0 Å². The normalized spacial score (nSPS) is 11.6. The predicted molar refractivity (Wildman–Crippen MR) is 328 cm³/mol. The van der Waals surface area contributed by atoms with Crippen LogP contribution in [-0.2, 0) is 0 Å². The van der Waals surface area contributed by atoms with Gasteiger partial charge < -0.3 is 4.90 Å². The number of benzene rings is 10. The maximum Gasteiger partial charge on any atom is 0.166 e. The van der Waals surface area contributed by atoms with Crippen LogP contribution in [0.5, 0.6) is 0 Å². The first kappa shape index (κ1) is 48.8. The molecule has 0 atom stereocenters. The summed E-state index contributed by atoms with van der Waals surface area (Å²) in [6.45, 7) is 0. The Morgan fingerprint density at radius 1 is 0.256 bits per heavy atom. The van der Waals surface area contributed by atoms with Crippen LogP contribution in [0.1, 0.15) is 5.56 Å². The molecule has 384 valence electrons. The molecule has 0 unspecified atom stereocenters. The molecule has 4 heterocycles. The molecular formula is C72H46N10. The molecule has 0 amide bonds. The summed E-state index contributed by atoms with van der Waals surface area (Å²) in [4.78, 5) is 42.1. The van der Waals surface area contributed by atoms with E-state index in [1.54, 1.807) is 0 Å². The summed E-state index contributed by atoms with van der Waals surface area (Å²) >= 11 is 0. The summed E-state index contributed by atoms with van der Waals surface area (Å²) < 4.78 is 0. The molecule has 14 rings (SSSR count). The second kappa shape index (κ2) is 21.4. The lowest BCUT2D eigenvalue weighted by Crippen LogP contribution is -2.25. The van der Waals surface area contributed by atoms with Crippen LogP contribution in [-0.4, -0.2) is 34.9 Å². The van der Waals surface area contributed by atoms with E-state index in [4.69, 9.17) is 34.9 Å². The van der Waals surface area contributed by atoms with E-state index in [1.165, 1.54) is 0 Å². The van der Waals surface area contributed by atoms with E-state index < -0.39 is 0 Å². The van der Waals surface area contributed by atoms with Crippen LogP contribution in [0.15, 0.2) is 279 Å². The Morgan fingerprint density at radius 3 is 1.02 bits per heavy atom.